The molecule has 0 fully saturated rings. The summed E-state index contributed by atoms with van der Waals surface area (Å²) in [5.41, 5.74) is 2.51. The van der Waals surface area contributed by atoms with Gasteiger partial charge in [0.25, 0.3) is 0 Å². The van der Waals surface area contributed by atoms with Gasteiger partial charge in [0.1, 0.15) is 22.7 Å². The highest BCUT2D eigenvalue weighted by molar-refractivity contribution is 9.10. The third-order valence-corrected chi connectivity index (χ3v) is 4.86. The number of benzene rings is 1. The van der Waals surface area contributed by atoms with E-state index in [4.69, 9.17) is 0 Å². The minimum Gasteiger partial charge on any atom is -0.254 e. The van der Waals surface area contributed by atoms with E-state index in [9.17, 15) is 9.47 Å². The van der Waals surface area contributed by atoms with Crippen molar-refractivity contribution >= 4 is 33.1 Å². The predicted molar refractivity (Wildman–Crippen MR) is 97.6 cm³/mol. The van der Waals surface area contributed by atoms with Gasteiger partial charge in [-0.1, -0.05) is 28.1 Å². The molecule has 6 heteroatoms. The molecule has 2 aromatic rings. The number of pyridine rings is 1. The fourth-order valence-electron chi connectivity index (χ4n) is 1.85. The van der Waals surface area contributed by atoms with Crippen LogP contribution in [0, 0.1) is 11.3 Å². The molecule has 1 heterocycles. The zero-order chi connectivity index (χ0) is 17.0. The Morgan fingerprint density at radius 1 is 1.35 bits per heavy atom. The van der Waals surface area contributed by atoms with Crippen LogP contribution < -0.4 is 0 Å². The fraction of sp³-hybridized carbons (Fsp3) is 0.235. The first-order chi connectivity index (χ1) is 10.8. The molecule has 118 valence electrons. The molecule has 0 radical (unpaired) electrons. The summed E-state index contributed by atoms with van der Waals surface area (Å²) in [5.74, 6) is 0. The van der Waals surface area contributed by atoms with Gasteiger partial charge in [0.15, 0.2) is 0 Å². The van der Waals surface area contributed by atoms with E-state index in [2.05, 4.69) is 31.4 Å². The lowest BCUT2D eigenvalue weighted by molar-refractivity contribution is 0.651. The quantitative estimate of drug-likeness (QED) is 0.736. The Balaban J connectivity index is 2.48. The van der Waals surface area contributed by atoms with Gasteiger partial charge in [-0.05, 0) is 44.5 Å². The molecule has 0 bridgehead atoms. The van der Waals surface area contributed by atoms with Gasteiger partial charge in [0.2, 0.25) is 0 Å². The molecule has 0 aliphatic rings. The Labute approximate surface area is 147 Å². The van der Waals surface area contributed by atoms with Gasteiger partial charge in [0, 0.05) is 16.2 Å². The molecule has 1 unspecified atom stereocenters. The Hall–Kier alpha value is -1.84. The van der Waals surface area contributed by atoms with Gasteiger partial charge < -0.3 is 0 Å². The van der Waals surface area contributed by atoms with Gasteiger partial charge in [0.05, 0.1) is 16.5 Å². The minimum atomic E-state index is -1.39. The van der Waals surface area contributed by atoms with Gasteiger partial charge in [-0.15, -0.1) is 0 Å². The second kappa shape index (κ2) is 7.16. The van der Waals surface area contributed by atoms with E-state index in [1.165, 1.54) is 6.21 Å². The molecule has 1 atom stereocenters. The number of hydrogen-bond acceptors (Lipinski definition) is 3. The van der Waals surface area contributed by atoms with Crippen LogP contribution in [0.1, 0.15) is 32.0 Å². The summed E-state index contributed by atoms with van der Waals surface area (Å²) in [4.78, 5) is 4.19. The lowest BCUT2D eigenvalue weighted by Crippen LogP contribution is -2.19. The van der Waals surface area contributed by atoms with Crippen LogP contribution >= 0.6 is 15.9 Å². The number of rotatable bonds is 3. The number of nitrogens with zero attached hydrogens (tertiary/aromatic N) is 3. The van der Waals surface area contributed by atoms with Crippen molar-refractivity contribution in [3.8, 4) is 17.2 Å². The highest BCUT2D eigenvalue weighted by Gasteiger charge is 2.18. The van der Waals surface area contributed by atoms with E-state index in [0.29, 0.717) is 11.3 Å². The molecule has 0 saturated carbocycles. The predicted octanol–water partition coefficient (Wildman–Crippen LogP) is 4.26. The summed E-state index contributed by atoms with van der Waals surface area (Å²) in [7, 11) is -1.39. The third kappa shape index (κ3) is 4.34. The number of aromatic nitrogens is 1. The first-order valence-electron chi connectivity index (χ1n) is 6.94. The number of hydrogen-bond donors (Lipinski definition) is 0. The molecule has 0 aliphatic heterocycles. The van der Waals surface area contributed by atoms with Crippen LogP contribution in [0.25, 0.3) is 11.1 Å². The Kier molecular flexibility index (Phi) is 5.45. The summed E-state index contributed by atoms with van der Waals surface area (Å²) < 4.78 is 16.6. The maximum Gasteiger partial charge on any atom is 0.144 e. The van der Waals surface area contributed by atoms with Gasteiger partial charge in [-0.25, -0.2) is 4.21 Å². The van der Waals surface area contributed by atoms with Gasteiger partial charge >= 0.3 is 0 Å². The molecule has 23 heavy (non-hydrogen) atoms. The Morgan fingerprint density at radius 2 is 2.09 bits per heavy atom. The summed E-state index contributed by atoms with van der Waals surface area (Å²) >= 11 is 3.43. The summed E-state index contributed by atoms with van der Waals surface area (Å²) in [5, 5.41) is 9.52. The van der Waals surface area contributed by atoms with Crippen LogP contribution in [0.15, 0.2) is 45.4 Å². The van der Waals surface area contributed by atoms with E-state index >= 15 is 0 Å². The lowest BCUT2D eigenvalue weighted by Gasteiger charge is -2.12. The van der Waals surface area contributed by atoms with E-state index in [0.717, 1.165) is 15.6 Å². The van der Waals surface area contributed by atoms with Crippen molar-refractivity contribution < 1.29 is 4.21 Å². The van der Waals surface area contributed by atoms with Gasteiger partial charge in [-0.2, -0.15) is 9.66 Å². The number of nitriles is 1. The SMILES string of the molecule is CC(C)(C)S(=O)N=Cc1nccc(-c2cccc(Br)c2)c1C#N. The second-order valence-corrected chi connectivity index (χ2v) is 8.69. The zero-order valence-corrected chi connectivity index (χ0v) is 15.5. The molecule has 0 spiro atoms. The van der Waals surface area contributed by atoms with Crippen molar-refractivity contribution in [2.45, 2.75) is 25.5 Å². The third-order valence-electron chi connectivity index (χ3n) is 3.02. The van der Waals surface area contributed by atoms with Crippen molar-refractivity contribution in [1.29, 1.82) is 5.26 Å². The second-order valence-electron chi connectivity index (χ2n) is 5.84. The molecule has 0 amide bonds. The highest BCUT2D eigenvalue weighted by atomic mass is 79.9. The average Bonchev–Trinajstić information content (AvgIpc) is 2.51. The maximum atomic E-state index is 12.0. The maximum absolute atomic E-state index is 12.0. The van der Waals surface area contributed by atoms with Crippen LogP contribution in [0.4, 0.5) is 0 Å². The smallest absolute Gasteiger partial charge is 0.144 e. The van der Waals surface area contributed by atoms with E-state index in [1.807, 2.05) is 45.0 Å². The van der Waals surface area contributed by atoms with Gasteiger partial charge in [-0.3, -0.25) is 4.98 Å². The number of halogens is 1. The highest BCUT2D eigenvalue weighted by Crippen LogP contribution is 2.26. The minimum absolute atomic E-state index is 0.417. The van der Waals surface area contributed by atoms with E-state index in [1.54, 1.807) is 12.3 Å². The molecular formula is C17H16BrN3OS. The summed E-state index contributed by atoms with van der Waals surface area (Å²) in [6, 6.07) is 11.7. The molecule has 1 aromatic carbocycles. The van der Waals surface area contributed by atoms with Crippen LogP contribution in [-0.2, 0) is 11.0 Å². The van der Waals surface area contributed by atoms with Crippen molar-refractivity contribution in [3.63, 3.8) is 0 Å². The topological polar surface area (TPSA) is 66.1 Å². The van der Waals surface area contributed by atoms with Crippen molar-refractivity contribution in [1.82, 2.24) is 4.98 Å². The van der Waals surface area contributed by atoms with Crippen molar-refractivity contribution in [2.24, 2.45) is 4.40 Å². The molecule has 0 N–H and O–H groups in total. The van der Waals surface area contributed by atoms with Crippen molar-refractivity contribution in [2.75, 3.05) is 0 Å². The Bertz CT molecular complexity index is 819. The standard InChI is InChI=1S/C17H16BrN3OS/c1-17(2,3)23(22)21-11-16-15(10-19)14(7-8-20-16)12-5-4-6-13(18)9-12/h4-9,11H,1-3H3. The molecule has 2 rings (SSSR count). The molecule has 0 saturated heterocycles. The largest absolute Gasteiger partial charge is 0.254 e. The molecule has 1 aromatic heterocycles. The first kappa shape index (κ1) is 17.5. The van der Waals surface area contributed by atoms with E-state index < -0.39 is 15.7 Å². The Morgan fingerprint density at radius 3 is 2.70 bits per heavy atom. The average molecular weight is 390 g/mol. The van der Waals surface area contributed by atoms with Crippen LogP contribution in [0.2, 0.25) is 0 Å². The summed E-state index contributed by atoms with van der Waals surface area (Å²) in [6.45, 7) is 5.53. The normalized spacial score (nSPS) is 13.0. The summed E-state index contributed by atoms with van der Waals surface area (Å²) in [6.07, 6.45) is 3.04. The van der Waals surface area contributed by atoms with Crippen molar-refractivity contribution in [3.05, 3.63) is 52.3 Å². The molecular weight excluding hydrogens is 374 g/mol. The first-order valence-corrected chi connectivity index (χ1v) is 8.84. The van der Waals surface area contributed by atoms with Crippen LogP contribution in [-0.4, -0.2) is 20.2 Å². The van der Waals surface area contributed by atoms with E-state index in [-0.39, 0.29) is 0 Å². The van der Waals surface area contributed by atoms with Crippen LogP contribution in [0.5, 0.6) is 0 Å². The lowest BCUT2D eigenvalue weighted by atomic mass is 10.0. The molecule has 4 nitrogen and oxygen atoms in total. The zero-order valence-electron chi connectivity index (χ0n) is 13.1. The molecule has 0 aliphatic carbocycles. The fourth-order valence-corrected chi connectivity index (χ4v) is 2.76. The van der Waals surface area contributed by atoms with Crippen LogP contribution in [0.3, 0.4) is 0 Å². The monoisotopic (exact) mass is 389 g/mol.